The topological polar surface area (TPSA) is 92.9 Å². The van der Waals surface area contributed by atoms with Crippen LogP contribution < -0.4 is 10.0 Å². The van der Waals surface area contributed by atoms with Gasteiger partial charge in [-0.1, -0.05) is 36.4 Å². The minimum Gasteiger partial charge on any atom is -0.445 e. The summed E-state index contributed by atoms with van der Waals surface area (Å²) in [4.78, 5) is 14.2. The SMILES string of the molecule is CC1C[C@@]2(CCN1C(=O)OCc1ccccc1)C(N)=CS(=O)(=O)N2c1cccc(F)c1. The molecule has 1 spiro atoms. The molecule has 0 saturated carbocycles. The van der Waals surface area contributed by atoms with Crippen LogP contribution in [0.25, 0.3) is 0 Å². The molecule has 2 heterocycles. The van der Waals surface area contributed by atoms with E-state index in [1.807, 2.05) is 37.3 Å². The molecule has 9 heteroatoms. The van der Waals surface area contributed by atoms with Crippen LogP contribution in [0, 0.1) is 5.82 Å². The van der Waals surface area contributed by atoms with E-state index in [-0.39, 0.29) is 43.4 Å². The molecule has 2 aromatic carbocycles. The molecule has 1 saturated heterocycles. The fraction of sp³-hybridized carbons (Fsp3) is 0.318. The molecule has 2 N–H and O–H groups in total. The first-order valence-corrected chi connectivity index (χ1v) is 11.5. The molecule has 0 aromatic heterocycles. The van der Waals surface area contributed by atoms with Crippen LogP contribution in [0.3, 0.4) is 0 Å². The van der Waals surface area contributed by atoms with Gasteiger partial charge in [-0.3, -0.25) is 4.31 Å². The third-order valence-electron chi connectivity index (χ3n) is 5.87. The molecule has 7 nitrogen and oxygen atoms in total. The van der Waals surface area contributed by atoms with Crippen molar-refractivity contribution in [1.82, 2.24) is 4.90 Å². The number of amides is 1. The molecule has 0 bridgehead atoms. The third-order valence-corrected chi connectivity index (χ3v) is 7.49. The molecular weight excluding hydrogens is 421 g/mol. The second-order valence-corrected chi connectivity index (χ2v) is 9.56. The highest BCUT2D eigenvalue weighted by Gasteiger charge is 2.54. The fourth-order valence-corrected chi connectivity index (χ4v) is 6.24. The number of likely N-dealkylation sites (tertiary alicyclic amines) is 1. The zero-order valence-electron chi connectivity index (χ0n) is 17.1. The molecule has 0 aliphatic carbocycles. The summed E-state index contributed by atoms with van der Waals surface area (Å²) in [5.74, 6) is -0.539. The van der Waals surface area contributed by atoms with Gasteiger partial charge in [-0.05, 0) is 43.5 Å². The normalized spacial score (nSPS) is 24.8. The van der Waals surface area contributed by atoms with E-state index in [1.54, 1.807) is 11.0 Å². The van der Waals surface area contributed by atoms with Crippen LogP contribution in [0.1, 0.15) is 25.3 Å². The van der Waals surface area contributed by atoms with E-state index >= 15 is 0 Å². The Bertz CT molecular complexity index is 1120. The summed E-state index contributed by atoms with van der Waals surface area (Å²) in [6, 6.07) is 14.5. The number of halogens is 1. The van der Waals surface area contributed by atoms with E-state index in [4.69, 9.17) is 10.5 Å². The minimum atomic E-state index is -3.88. The van der Waals surface area contributed by atoms with Gasteiger partial charge in [-0.25, -0.2) is 17.6 Å². The molecule has 2 aromatic rings. The van der Waals surface area contributed by atoms with Gasteiger partial charge >= 0.3 is 6.09 Å². The van der Waals surface area contributed by atoms with Gasteiger partial charge in [0, 0.05) is 18.3 Å². The van der Waals surface area contributed by atoms with Crippen LogP contribution in [-0.4, -0.2) is 37.5 Å². The second kappa shape index (κ2) is 7.88. The third kappa shape index (κ3) is 3.85. The quantitative estimate of drug-likeness (QED) is 0.782. The molecule has 1 amide bonds. The molecule has 2 aliphatic rings. The average Bonchev–Trinajstić information content (AvgIpc) is 2.91. The van der Waals surface area contributed by atoms with Crippen molar-refractivity contribution in [1.29, 1.82) is 0 Å². The molecule has 164 valence electrons. The molecule has 31 heavy (non-hydrogen) atoms. The van der Waals surface area contributed by atoms with E-state index in [1.165, 1.54) is 22.5 Å². The maximum Gasteiger partial charge on any atom is 0.410 e. The number of nitrogens with zero attached hydrogens (tertiary/aromatic N) is 2. The summed E-state index contributed by atoms with van der Waals surface area (Å²) in [5.41, 5.74) is 6.45. The van der Waals surface area contributed by atoms with Crippen molar-refractivity contribution in [2.75, 3.05) is 10.8 Å². The predicted molar refractivity (Wildman–Crippen MR) is 115 cm³/mol. The smallest absolute Gasteiger partial charge is 0.410 e. The molecule has 1 unspecified atom stereocenters. The van der Waals surface area contributed by atoms with Crippen molar-refractivity contribution in [2.24, 2.45) is 5.73 Å². The standard InChI is InChI=1S/C22H24FN3O4S/c1-16-13-22(10-11-25(16)21(27)30-14-17-6-3-2-4-7-17)20(24)15-31(28,29)26(22)19-9-5-8-18(23)12-19/h2-9,12,15-16H,10-11,13-14,24H2,1H3/t16?,22-/m0/s1. The maximum atomic E-state index is 13.9. The number of rotatable bonds is 3. The highest BCUT2D eigenvalue weighted by atomic mass is 32.2. The number of ether oxygens (including phenoxy) is 1. The van der Waals surface area contributed by atoms with E-state index in [9.17, 15) is 17.6 Å². The van der Waals surface area contributed by atoms with Crippen LogP contribution in [0.4, 0.5) is 14.9 Å². The molecule has 2 aliphatic heterocycles. The number of piperidine rings is 1. The van der Waals surface area contributed by atoms with Crippen molar-refractivity contribution in [3.8, 4) is 0 Å². The number of carbonyl (C=O) groups excluding carboxylic acids is 1. The Morgan fingerprint density at radius 1 is 1.23 bits per heavy atom. The van der Waals surface area contributed by atoms with Crippen molar-refractivity contribution < 1.29 is 22.3 Å². The number of nitrogens with two attached hydrogens (primary N) is 1. The lowest BCUT2D eigenvalue weighted by molar-refractivity contribution is 0.0617. The largest absolute Gasteiger partial charge is 0.445 e. The van der Waals surface area contributed by atoms with Crippen molar-refractivity contribution in [2.45, 2.75) is 38.0 Å². The zero-order chi connectivity index (χ0) is 22.2. The number of sulfonamides is 1. The summed E-state index contributed by atoms with van der Waals surface area (Å²) in [7, 11) is -3.88. The zero-order valence-corrected chi connectivity index (χ0v) is 17.9. The van der Waals surface area contributed by atoms with E-state index < -0.39 is 27.5 Å². The highest BCUT2D eigenvalue weighted by Crippen LogP contribution is 2.45. The fourth-order valence-electron chi connectivity index (χ4n) is 4.43. The molecular formula is C22H24FN3O4S. The monoisotopic (exact) mass is 445 g/mol. The molecule has 4 rings (SSSR count). The lowest BCUT2D eigenvalue weighted by atomic mass is 9.81. The highest BCUT2D eigenvalue weighted by molar-refractivity contribution is 7.96. The van der Waals surface area contributed by atoms with Crippen molar-refractivity contribution >= 4 is 21.8 Å². The summed E-state index contributed by atoms with van der Waals surface area (Å²) in [6.07, 6.45) is 0.0772. The van der Waals surface area contributed by atoms with Crippen LogP contribution in [0.2, 0.25) is 0 Å². The van der Waals surface area contributed by atoms with Gasteiger partial charge in [0.15, 0.2) is 0 Å². The number of hydrogen-bond acceptors (Lipinski definition) is 5. The Morgan fingerprint density at radius 3 is 2.65 bits per heavy atom. The van der Waals surface area contributed by atoms with Gasteiger partial charge < -0.3 is 15.4 Å². The predicted octanol–water partition coefficient (Wildman–Crippen LogP) is 3.34. The first-order chi connectivity index (χ1) is 14.7. The van der Waals surface area contributed by atoms with Gasteiger partial charge in [-0.2, -0.15) is 0 Å². The summed E-state index contributed by atoms with van der Waals surface area (Å²) in [6.45, 7) is 2.23. The Balaban J connectivity index is 1.55. The van der Waals surface area contributed by atoms with Gasteiger partial charge in [-0.15, -0.1) is 0 Å². The summed E-state index contributed by atoms with van der Waals surface area (Å²) < 4.78 is 46.3. The lowest BCUT2D eigenvalue weighted by Crippen LogP contribution is -2.60. The number of anilines is 1. The molecule has 1 fully saturated rings. The minimum absolute atomic E-state index is 0.153. The van der Waals surface area contributed by atoms with Crippen molar-refractivity contribution in [3.63, 3.8) is 0 Å². The van der Waals surface area contributed by atoms with Gasteiger partial charge in [0.05, 0.1) is 16.6 Å². The van der Waals surface area contributed by atoms with Crippen LogP contribution in [-0.2, 0) is 21.4 Å². The average molecular weight is 446 g/mol. The maximum absolute atomic E-state index is 13.9. The van der Waals surface area contributed by atoms with E-state index in [2.05, 4.69) is 0 Å². The molecule has 2 atom stereocenters. The van der Waals surface area contributed by atoms with Crippen LogP contribution in [0.15, 0.2) is 65.7 Å². The van der Waals surface area contributed by atoms with Gasteiger partial charge in [0.1, 0.15) is 12.4 Å². The number of benzene rings is 2. The Kier molecular flexibility index (Phi) is 5.38. The first-order valence-electron chi connectivity index (χ1n) is 9.99. The Labute approximate surface area is 180 Å². The summed E-state index contributed by atoms with van der Waals surface area (Å²) in [5, 5.41) is 1.04. The second-order valence-electron chi connectivity index (χ2n) is 7.93. The first kappa shape index (κ1) is 21.2. The Hall–Kier alpha value is -3.07. The van der Waals surface area contributed by atoms with Gasteiger partial charge in [0.25, 0.3) is 10.0 Å². The number of hydrogen-bond donors (Lipinski definition) is 1. The lowest BCUT2D eigenvalue weighted by Gasteiger charge is -2.47. The van der Waals surface area contributed by atoms with Gasteiger partial charge in [0.2, 0.25) is 0 Å². The van der Waals surface area contributed by atoms with E-state index in [0.717, 1.165) is 11.0 Å². The van der Waals surface area contributed by atoms with E-state index in [0.29, 0.717) is 0 Å². The Morgan fingerprint density at radius 2 is 1.97 bits per heavy atom. The molecule has 0 radical (unpaired) electrons. The van der Waals surface area contributed by atoms with Crippen LogP contribution >= 0.6 is 0 Å². The van der Waals surface area contributed by atoms with Crippen LogP contribution in [0.5, 0.6) is 0 Å². The summed E-state index contributed by atoms with van der Waals surface area (Å²) >= 11 is 0. The number of carbonyl (C=O) groups is 1. The van der Waals surface area contributed by atoms with Crippen molar-refractivity contribution in [3.05, 3.63) is 77.1 Å².